The van der Waals surface area contributed by atoms with Crippen LogP contribution >= 0.6 is 24.0 Å². The number of nitrogens with zero attached hydrogens (tertiary/aromatic N) is 1. The Labute approximate surface area is 202 Å². The number of guanidine groups is 1. The molecule has 1 saturated heterocycles. The normalized spacial score (nSPS) is 16.0. The highest BCUT2D eigenvalue weighted by atomic mass is 127. The molecule has 1 aliphatic rings. The van der Waals surface area contributed by atoms with E-state index in [0.29, 0.717) is 19.7 Å². The molecule has 0 aromatic heterocycles. The van der Waals surface area contributed by atoms with Crippen LogP contribution in [0.1, 0.15) is 42.0 Å². The lowest BCUT2D eigenvalue weighted by Crippen LogP contribution is -2.37. The van der Waals surface area contributed by atoms with E-state index < -0.39 is 0 Å². The average molecular weight is 539 g/mol. The molecular formula is C24H34IN3O3. The lowest BCUT2D eigenvalue weighted by atomic mass is 10.1. The summed E-state index contributed by atoms with van der Waals surface area (Å²) < 4.78 is 11.8. The fourth-order valence-corrected chi connectivity index (χ4v) is 3.45. The monoisotopic (exact) mass is 539 g/mol. The number of aliphatic hydroxyl groups excluding tert-OH is 1. The Hall–Kier alpha value is -1.84. The van der Waals surface area contributed by atoms with E-state index in [2.05, 4.69) is 35.8 Å². The SMILES string of the molecule is CCNC(=NCc1ccc(C)cc1OCC1CCCO1)NCc1ccccc1CO.I. The summed E-state index contributed by atoms with van der Waals surface area (Å²) in [5.74, 6) is 1.60. The van der Waals surface area contributed by atoms with E-state index in [1.807, 2.05) is 31.2 Å². The van der Waals surface area contributed by atoms with E-state index in [-0.39, 0.29) is 36.7 Å². The van der Waals surface area contributed by atoms with E-state index in [1.165, 1.54) is 0 Å². The third-order valence-electron chi connectivity index (χ3n) is 5.16. The van der Waals surface area contributed by atoms with Crippen molar-refractivity contribution >= 4 is 29.9 Å². The van der Waals surface area contributed by atoms with Gasteiger partial charge in [0.15, 0.2) is 5.96 Å². The number of halogens is 1. The molecule has 0 aliphatic carbocycles. The first kappa shape index (κ1) is 25.4. The minimum absolute atomic E-state index is 0. The molecule has 2 aromatic rings. The molecule has 3 N–H and O–H groups in total. The quantitative estimate of drug-likeness (QED) is 0.256. The number of aliphatic imine (C=N–C) groups is 1. The second-order valence-corrected chi connectivity index (χ2v) is 7.53. The van der Waals surface area contributed by atoms with Gasteiger partial charge in [0.05, 0.1) is 19.3 Å². The highest BCUT2D eigenvalue weighted by Crippen LogP contribution is 2.23. The first-order valence-corrected chi connectivity index (χ1v) is 10.7. The zero-order chi connectivity index (χ0) is 21.2. The van der Waals surface area contributed by atoms with Crippen LogP contribution in [0, 0.1) is 6.92 Å². The van der Waals surface area contributed by atoms with Gasteiger partial charge in [-0.05, 0) is 49.4 Å². The Kier molecular flexibility index (Phi) is 11.1. The molecule has 1 fully saturated rings. The van der Waals surface area contributed by atoms with E-state index in [1.54, 1.807) is 0 Å². The predicted molar refractivity (Wildman–Crippen MR) is 135 cm³/mol. The van der Waals surface area contributed by atoms with Gasteiger partial charge in [-0.25, -0.2) is 4.99 Å². The van der Waals surface area contributed by atoms with Crippen LogP contribution in [0.5, 0.6) is 5.75 Å². The lowest BCUT2D eigenvalue weighted by molar-refractivity contribution is 0.0676. The Morgan fingerprint density at radius 3 is 2.68 bits per heavy atom. The van der Waals surface area contributed by atoms with Gasteiger partial charge in [0.2, 0.25) is 0 Å². The number of benzene rings is 2. The van der Waals surface area contributed by atoms with Crippen LogP contribution in [0.2, 0.25) is 0 Å². The Balaban J connectivity index is 0.00000341. The molecule has 0 amide bonds. The Morgan fingerprint density at radius 2 is 1.97 bits per heavy atom. The molecule has 1 heterocycles. The number of aryl methyl sites for hydroxylation is 1. The van der Waals surface area contributed by atoms with Crippen molar-refractivity contribution in [1.82, 2.24) is 10.6 Å². The van der Waals surface area contributed by atoms with E-state index in [4.69, 9.17) is 14.5 Å². The highest BCUT2D eigenvalue weighted by molar-refractivity contribution is 14.0. The molecule has 3 rings (SSSR count). The van der Waals surface area contributed by atoms with Crippen LogP contribution in [-0.4, -0.2) is 36.9 Å². The number of aliphatic hydroxyl groups is 1. The summed E-state index contributed by atoms with van der Waals surface area (Å²) in [6.45, 7) is 7.42. The summed E-state index contributed by atoms with van der Waals surface area (Å²) in [7, 11) is 0. The summed E-state index contributed by atoms with van der Waals surface area (Å²) in [4.78, 5) is 4.75. The van der Waals surface area contributed by atoms with Crippen LogP contribution in [0.4, 0.5) is 0 Å². The van der Waals surface area contributed by atoms with Gasteiger partial charge in [-0.3, -0.25) is 0 Å². The van der Waals surface area contributed by atoms with Gasteiger partial charge in [0.1, 0.15) is 12.4 Å². The van der Waals surface area contributed by atoms with Gasteiger partial charge in [-0.1, -0.05) is 36.4 Å². The molecule has 2 aromatic carbocycles. The van der Waals surface area contributed by atoms with Crippen molar-refractivity contribution in [2.24, 2.45) is 4.99 Å². The van der Waals surface area contributed by atoms with Gasteiger partial charge in [-0.2, -0.15) is 0 Å². The first-order valence-electron chi connectivity index (χ1n) is 10.7. The summed E-state index contributed by atoms with van der Waals surface area (Å²) in [5, 5.41) is 16.2. The lowest BCUT2D eigenvalue weighted by Gasteiger charge is -2.16. The number of hydrogen-bond donors (Lipinski definition) is 3. The van der Waals surface area contributed by atoms with Gasteiger partial charge < -0.3 is 25.2 Å². The zero-order valence-corrected chi connectivity index (χ0v) is 20.7. The fraction of sp³-hybridized carbons (Fsp3) is 0.458. The van der Waals surface area contributed by atoms with Crippen molar-refractivity contribution in [2.75, 3.05) is 19.8 Å². The molecule has 1 atom stereocenters. The van der Waals surface area contributed by atoms with Crippen molar-refractivity contribution in [3.05, 3.63) is 64.7 Å². The Morgan fingerprint density at radius 1 is 1.16 bits per heavy atom. The second-order valence-electron chi connectivity index (χ2n) is 7.53. The molecule has 170 valence electrons. The topological polar surface area (TPSA) is 75.1 Å². The van der Waals surface area contributed by atoms with Gasteiger partial charge in [0.25, 0.3) is 0 Å². The number of hydrogen-bond acceptors (Lipinski definition) is 4. The average Bonchev–Trinajstić information content (AvgIpc) is 3.29. The fourth-order valence-electron chi connectivity index (χ4n) is 3.45. The van der Waals surface area contributed by atoms with Crippen molar-refractivity contribution in [3.63, 3.8) is 0 Å². The molecular weight excluding hydrogens is 505 g/mol. The number of rotatable bonds is 9. The molecule has 0 saturated carbocycles. The van der Waals surface area contributed by atoms with Crippen LogP contribution in [0.15, 0.2) is 47.5 Å². The third kappa shape index (κ3) is 7.97. The van der Waals surface area contributed by atoms with E-state index >= 15 is 0 Å². The summed E-state index contributed by atoms with van der Waals surface area (Å²) >= 11 is 0. The minimum Gasteiger partial charge on any atom is -0.491 e. The molecule has 0 bridgehead atoms. The van der Waals surface area contributed by atoms with Crippen molar-refractivity contribution in [1.29, 1.82) is 0 Å². The molecule has 0 spiro atoms. The summed E-state index contributed by atoms with van der Waals surface area (Å²) in [6.07, 6.45) is 2.35. The molecule has 0 radical (unpaired) electrons. The van der Waals surface area contributed by atoms with Gasteiger partial charge in [-0.15, -0.1) is 24.0 Å². The maximum absolute atomic E-state index is 9.52. The van der Waals surface area contributed by atoms with Crippen molar-refractivity contribution < 1.29 is 14.6 Å². The molecule has 31 heavy (non-hydrogen) atoms. The summed E-state index contributed by atoms with van der Waals surface area (Å²) in [6, 6.07) is 14.1. The maximum Gasteiger partial charge on any atom is 0.191 e. The van der Waals surface area contributed by atoms with Crippen LogP contribution < -0.4 is 15.4 Å². The Bertz CT molecular complexity index is 839. The van der Waals surface area contributed by atoms with Crippen molar-refractivity contribution in [2.45, 2.75) is 52.5 Å². The highest BCUT2D eigenvalue weighted by Gasteiger charge is 2.17. The van der Waals surface area contributed by atoms with Crippen LogP contribution in [0.3, 0.4) is 0 Å². The van der Waals surface area contributed by atoms with Crippen molar-refractivity contribution in [3.8, 4) is 5.75 Å². The predicted octanol–water partition coefficient (Wildman–Crippen LogP) is 3.92. The summed E-state index contributed by atoms with van der Waals surface area (Å²) in [5.41, 5.74) is 4.19. The van der Waals surface area contributed by atoms with Gasteiger partial charge >= 0.3 is 0 Å². The maximum atomic E-state index is 9.52. The van der Waals surface area contributed by atoms with Gasteiger partial charge in [0, 0.05) is 25.3 Å². The largest absolute Gasteiger partial charge is 0.491 e. The van der Waals surface area contributed by atoms with Crippen LogP contribution in [0.25, 0.3) is 0 Å². The zero-order valence-electron chi connectivity index (χ0n) is 18.4. The molecule has 6 nitrogen and oxygen atoms in total. The number of ether oxygens (including phenoxy) is 2. The standard InChI is InChI=1S/C24H33N3O3.HI/c1-3-25-24(26-14-19-7-4-5-8-21(19)16-28)27-15-20-11-10-18(2)13-23(20)30-17-22-9-6-12-29-22;/h4-5,7-8,10-11,13,22,28H,3,6,9,12,14-17H2,1-2H3,(H2,25,26,27);1H. The minimum atomic E-state index is 0. The number of nitrogens with one attached hydrogen (secondary N) is 2. The smallest absolute Gasteiger partial charge is 0.191 e. The molecule has 1 unspecified atom stereocenters. The van der Waals surface area contributed by atoms with E-state index in [9.17, 15) is 5.11 Å². The molecule has 1 aliphatic heterocycles. The van der Waals surface area contributed by atoms with Crippen LogP contribution in [-0.2, 0) is 24.4 Å². The molecule has 7 heteroatoms. The second kappa shape index (κ2) is 13.5. The third-order valence-corrected chi connectivity index (χ3v) is 5.16. The first-order chi connectivity index (χ1) is 14.7. The van der Waals surface area contributed by atoms with E-state index in [0.717, 1.165) is 60.0 Å².